The van der Waals surface area contributed by atoms with Gasteiger partial charge < -0.3 is 10.2 Å². The van der Waals surface area contributed by atoms with Crippen LogP contribution in [-0.4, -0.2) is 16.2 Å². The first-order valence-electron chi connectivity index (χ1n) is 6.89. The Balaban J connectivity index is 2.07. The standard InChI is InChI=1S/C16H22O3/c1-16(2,10-15(18)19)9-14(17)13-7-6-11-4-3-5-12(11)8-13/h6-8,14,17H,3-5,9-10H2,1-2H3,(H,18,19). The fraction of sp³-hybridized carbons (Fsp3) is 0.562. The lowest BCUT2D eigenvalue weighted by Gasteiger charge is -2.26. The highest BCUT2D eigenvalue weighted by Crippen LogP contribution is 2.34. The number of carboxylic acid groups (broad SMARTS) is 1. The van der Waals surface area contributed by atoms with E-state index in [-0.39, 0.29) is 6.42 Å². The second-order valence-electron chi connectivity index (χ2n) is 6.34. The maximum atomic E-state index is 10.8. The molecule has 104 valence electrons. The normalized spacial score (nSPS) is 16.2. The second kappa shape index (κ2) is 5.33. The topological polar surface area (TPSA) is 57.5 Å². The molecule has 3 heteroatoms. The van der Waals surface area contributed by atoms with E-state index in [1.807, 2.05) is 19.9 Å². The van der Waals surface area contributed by atoms with Crippen molar-refractivity contribution in [2.45, 2.75) is 52.1 Å². The van der Waals surface area contributed by atoms with Gasteiger partial charge in [0, 0.05) is 0 Å². The number of aryl methyl sites for hydroxylation is 2. The maximum Gasteiger partial charge on any atom is 0.303 e. The molecule has 2 rings (SSSR count). The van der Waals surface area contributed by atoms with Gasteiger partial charge in [0.25, 0.3) is 0 Å². The number of fused-ring (bicyclic) bond motifs is 1. The molecule has 19 heavy (non-hydrogen) atoms. The van der Waals surface area contributed by atoms with Gasteiger partial charge in [0.2, 0.25) is 0 Å². The number of carbonyl (C=O) groups is 1. The zero-order chi connectivity index (χ0) is 14.0. The number of hydrogen-bond donors (Lipinski definition) is 2. The van der Waals surface area contributed by atoms with Gasteiger partial charge in [-0.05, 0) is 47.8 Å². The molecule has 0 aromatic heterocycles. The van der Waals surface area contributed by atoms with Crippen LogP contribution in [0.3, 0.4) is 0 Å². The van der Waals surface area contributed by atoms with Gasteiger partial charge in [-0.25, -0.2) is 0 Å². The monoisotopic (exact) mass is 262 g/mol. The van der Waals surface area contributed by atoms with Crippen LogP contribution in [0.15, 0.2) is 18.2 Å². The van der Waals surface area contributed by atoms with Crippen molar-refractivity contribution in [3.8, 4) is 0 Å². The molecule has 2 N–H and O–H groups in total. The van der Waals surface area contributed by atoms with Gasteiger partial charge >= 0.3 is 5.97 Å². The van der Waals surface area contributed by atoms with E-state index in [1.54, 1.807) is 0 Å². The molecule has 0 bridgehead atoms. The van der Waals surface area contributed by atoms with Gasteiger partial charge in [-0.1, -0.05) is 32.0 Å². The largest absolute Gasteiger partial charge is 0.481 e. The molecule has 0 radical (unpaired) electrons. The highest BCUT2D eigenvalue weighted by Gasteiger charge is 2.26. The molecule has 0 aliphatic heterocycles. The van der Waals surface area contributed by atoms with E-state index in [4.69, 9.17) is 5.11 Å². The SMILES string of the molecule is CC(C)(CC(=O)O)CC(O)c1ccc2c(c1)CCC2. The van der Waals surface area contributed by atoms with Crippen molar-refractivity contribution in [3.63, 3.8) is 0 Å². The molecule has 0 saturated carbocycles. The van der Waals surface area contributed by atoms with Crippen molar-refractivity contribution in [3.05, 3.63) is 34.9 Å². The second-order valence-corrected chi connectivity index (χ2v) is 6.34. The lowest BCUT2D eigenvalue weighted by molar-refractivity contribution is -0.139. The minimum Gasteiger partial charge on any atom is -0.481 e. The molecule has 1 atom stereocenters. The van der Waals surface area contributed by atoms with Crippen LogP contribution in [0.2, 0.25) is 0 Å². The number of carboxylic acids is 1. The summed E-state index contributed by atoms with van der Waals surface area (Å²) in [5.41, 5.74) is 3.25. The van der Waals surface area contributed by atoms with Crippen molar-refractivity contribution in [1.29, 1.82) is 0 Å². The maximum absolute atomic E-state index is 10.8. The van der Waals surface area contributed by atoms with E-state index in [9.17, 15) is 9.90 Å². The minimum absolute atomic E-state index is 0.0784. The molecule has 0 amide bonds. The van der Waals surface area contributed by atoms with Crippen LogP contribution in [0, 0.1) is 5.41 Å². The Morgan fingerprint density at radius 1 is 1.32 bits per heavy atom. The summed E-state index contributed by atoms with van der Waals surface area (Å²) in [6.07, 6.45) is 3.39. The minimum atomic E-state index is -0.814. The lowest BCUT2D eigenvalue weighted by Crippen LogP contribution is -2.20. The molecule has 1 aliphatic rings. The van der Waals surface area contributed by atoms with Crippen LogP contribution in [0.1, 0.15) is 55.9 Å². The van der Waals surface area contributed by atoms with E-state index >= 15 is 0 Å². The average Bonchev–Trinajstić information content (AvgIpc) is 2.72. The molecule has 1 aromatic rings. The smallest absolute Gasteiger partial charge is 0.303 e. The Bertz CT molecular complexity index is 477. The molecule has 0 heterocycles. The van der Waals surface area contributed by atoms with Gasteiger partial charge in [-0.15, -0.1) is 0 Å². The molecular formula is C16H22O3. The van der Waals surface area contributed by atoms with Crippen molar-refractivity contribution in [2.24, 2.45) is 5.41 Å². The predicted octanol–water partition coefficient (Wildman–Crippen LogP) is 3.10. The van der Waals surface area contributed by atoms with E-state index < -0.39 is 17.5 Å². The summed E-state index contributed by atoms with van der Waals surface area (Å²) in [7, 11) is 0. The molecule has 1 aromatic carbocycles. The van der Waals surface area contributed by atoms with Gasteiger partial charge in [-0.3, -0.25) is 4.79 Å². The Hall–Kier alpha value is -1.35. The third kappa shape index (κ3) is 3.57. The number of hydrogen-bond acceptors (Lipinski definition) is 2. The van der Waals surface area contributed by atoms with E-state index in [0.29, 0.717) is 6.42 Å². The summed E-state index contributed by atoms with van der Waals surface area (Å²) in [6.45, 7) is 3.77. The van der Waals surface area contributed by atoms with Crippen molar-refractivity contribution < 1.29 is 15.0 Å². The average molecular weight is 262 g/mol. The number of benzene rings is 1. The number of aliphatic hydroxyl groups excluding tert-OH is 1. The predicted molar refractivity (Wildman–Crippen MR) is 74.1 cm³/mol. The van der Waals surface area contributed by atoms with Crippen molar-refractivity contribution in [2.75, 3.05) is 0 Å². The third-order valence-corrected chi connectivity index (χ3v) is 3.88. The molecule has 0 fully saturated rings. The van der Waals surface area contributed by atoms with E-state index in [0.717, 1.165) is 18.4 Å². The fourth-order valence-electron chi connectivity index (χ4n) is 2.92. The summed E-state index contributed by atoms with van der Waals surface area (Å²) in [6, 6.07) is 6.17. The lowest BCUT2D eigenvalue weighted by atomic mass is 9.81. The van der Waals surface area contributed by atoms with Crippen molar-refractivity contribution in [1.82, 2.24) is 0 Å². The van der Waals surface area contributed by atoms with Crippen LogP contribution in [0.5, 0.6) is 0 Å². The number of aliphatic carboxylic acids is 1. The summed E-state index contributed by atoms with van der Waals surface area (Å²) in [5, 5.41) is 19.2. The summed E-state index contributed by atoms with van der Waals surface area (Å²) < 4.78 is 0. The van der Waals surface area contributed by atoms with Crippen molar-refractivity contribution >= 4 is 5.97 Å². The third-order valence-electron chi connectivity index (χ3n) is 3.88. The Morgan fingerprint density at radius 2 is 2.00 bits per heavy atom. The van der Waals surface area contributed by atoms with Gasteiger partial charge in [-0.2, -0.15) is 0 Å². The van der Waals surface area contributed by atoms with Gasteiger partial charge in [0.05, 0.1) is 12.5 Å². The van der Waals surface area contributed by atoms with Crippen LogP contribution >= 0.6 is 0 Å². The zero-order valence-corrected chi connectivity index (χ0v) is 11.6. The first-order valence-corrected chi connectivity index (χ1v) is 6.89. The summed E-state index contributed by atoms with van der Waals surface area (Å²) in [5.74, 6) is -0.814. The molecule has 1 unspecified atom stereocenters. The molecule has 3 nitrogen and oxygen atoms in total. The Morgan fingerprint density at radius 3 is 2.68 bits per heavy atom. The Labute approximate surface area is 114 Å². The van der Waals surface area contributed by atoms with Gasteiger partial charge in [0.15, 0.2) is 0 Å². The first-order chi connectivity index (χ1) is 8.87. The summed E-state index contributed by atoms with van der Waals surface area (Å²) in [4.78, 5) is 10.8. The van der Waals surface area contributed by atoms with E-state index in [1.165, 1.54) is 17.5 Å². The molecular weight excluding hydrogens is 240 g/mol. The first kappa shape index (κ1) is 14.1. The highest BCUT2D eigenvalue weighted by atomic mass is 16.4. The Kier molecular flexibility index (Phi) is 3.95. The fourth-order valence-corrected chi connectivity index (χ4v) is 2.92. The van der Waals surface area contributed by atoms with E-state index in [2.05, 4.69) is 12.1 Å². The highest BCUT2D eigenvalue weighted by molar-refractivity contribution is 5.67. The number of aliphatic hydroxyl groups is 1. The molecule has 0 saturated heterocycles. The molecule has 1 aliphatic carbocycles. The van der Waals surface area contributed by atoms with Gasteiger partial charge in [0.1, 0.15) is 0 Å². The number of rotatable bonds is 5. The quantitative estimate of drug-likeness (QED) is 0.857. The van der Waals surface area contributed by atoms with Crippen LogP contribution < -0.4 is 0 Å². The molecule has 0 spiro atoms. The zero-order valence-electron chi connectivity index (χ0n) is 11.6. The van der Waals surface area contributed by atoms with Crippen LogP contribution in [-0.2, 0) is 17.6 Å². The summed E-state index contributed by atoms with van der Waals surface area (Å²) >= 11 is 0. The van der Waals surface area contributed by atoms with Crippen LogP contribution in [0.25, 0.3) is 0 Å². The van der Waals surface area contributed by atoms with Crippen LogP contribution in [0.4, 0.5) is 0 Å².